The van der Waals surface area contributed by atoms with E-state index in [2.05, 4.69) is 63.9 Å². The maximum atomic E-state index is 12.6. The van der Waals surface area contributed by atoms with E-state index in [0.29, 0.717) is 12.3 Å². The van der Waals surface area contributed by atoms with Crippen LogP contribution in [-0.2, 0) is 26.9 Å². The van der Waals surface area contributed by atoms with Gasteiger partial charge >= 0.3 is 0 Å². The number of aromatic hydroxyl groups is 1. The molecule has 2 N–H and O–H groups in total. The summed E-state index contributed by atoms with van der Waals surface area (Å²) in [4.78, 5) is 15.0. The van der Waals surface area contributed by atoms with Crippen molar-refractivity contribution in [2.75, 3.05) is 26.2 Å². The third-order valence-electron chi connectivity index (χ3n) is 6.68. The number of ether oxygens (including phenoxy) is 1. The highest BCUT2D eigenvalue weighted by atomic mass is 16.5. The van der Waals surface area contributed by atoms with E-state index < -0.39 is 0 Å². The van der Waals surface area contributed by atoms with Crippen molar-refractivity contribution in [2.24, 2.45) is 5.92 Å². The second-order valence-corrected chi connectivity index (χ2v) is 11.5. The molecule has 1 atom stereocenters. The lowest BCUT2D eigenvalue weighted by Gasteiger charge is -2.33. The van der Waals surface area contributed by atoms with Crippen LogP contribution in [0.5, 0.6) is 5.75 Å². The highest BCUT2D eigenvalue weighted by Crippen LogP contribution is 2.40. The molecule has 0 bridgehead atoms. The van der Waals surface area contributed by atoms with Crippen LogP contribution in [0.15, 0.2) is 12.1 Å². The van der Waals surface area contributed by atoms with E-state index in [1.807, 2.05) is 0 Å². The van der Waals surface area contributed by atoms with Crippen molar-refractivity contribution in [1.29, 1.82) is 0 Å². The standard InChI is InChI=1S/C26H42N2O3/c1-25(2,3)21-14-18(15-22(23(21)29)26(4,5)6)17-28-11-9-19(10-12-28)24(30)27-16-20-8-7-13-31-20/h14-15,19-20,29H,7-13,16-17H2,1-6H3,(H,27,30). The molecule has 174 valence electrons. The van der Waals surface area contributed by atoms with Crippen molar-refractivity contribution in [2.45, 2.75) is 90.7 Å². The highest BCUT2D eigenvalue weighted by Gasteiger charge is 2.29. The lowest BCUT2D eigenvalue weighted by Crippen LogP contribution is -2.42. The molecule has 2 saturated heterocycles. The van der Waals surface area contributed by atoms with Crippen molar-refractivity contribution in [3.63, 3.8) is 0 Å². The third kappa shape index (κ3) is 6.23. The molecule has 2 aliphatic rings. The Morgan fingerprint density at radius 1 is 1.06 bits per heavy atom. The quantitative estimate of drug-likeness (QED) is 0.722. The Morgan fingerprint density at radius 3 is 2.13 bits per heavy atom. The summed E-state index contributed by atoms with van der Waals surface area (Å²) in [5, 5.41) is 14.1. The van der Waals surface area contributed by atoms with Gasteiger partial charge in [-0.3, -0.25) is 9.69 Å². The van der Waals surface area contributed by atoms with Crippen molar-refractivity contribution in [1.82, 2.24) is 10.2 Å². The van der Waals surface area contributed by atoms with Crippen LogP contribution in [0.4, 0.5) is 0 Å². The molecular weight excluding hydrogens is 388 g/mol. The second kappa shape index (κ2) is 9.50. The van der Waals surface area contributed by atoms with Crippen LogP contribution in [0.25, 0.3) is 0 Å². The average Bonchev–Trinajstić information content (AvgIpc) is 3.20. The molecule has 1 amide bonds. The molecule has 3 rings (SSSR count). The van der Waals surface area contributed by atoms with Crippen LogP contribution >= 0.6 is 0 Å². The second-order valence-electron chi connectivity index (χ2n) is 11.5. The zero-order valence-electron chi connectivity index (χ0n) is 20.4. The first-order chi connectivity index (χ1) is 14.4. The minimum absolute atomic E-state index is 0.104. The Labute approximate surface area is 188 Å². The number of benzene rings is 1. The van der Waals surface area contributed by atoms with Gasteiger partial charge in [-0.1, -0.05) is 53.7 Å². The van der Waals surface area contributed by atoms with Crippen molar-refractivity contribution < 1.29 is 14.6 Å². The molecule has 5 nitrogen and oxygen atoms in total. The van der Waals surface area contributed by atoms with Gasteiger partial charge in [0.25, 0.3) is 0 Å². The third-order valence-corrected chi connectivity index (χ3v) is 6.68. The molecule has 2 heterocycles. The van der Waals surface area contributed by atoms with Crippen LogP contribution < -0.4 is 5.32 Å². The molecule has 31 heavy (non-hydrogen) atoms. The van der Waals surface area contributed by atoms with Gasteiger partial charge in [0.1, 0.15) is 5.75 Å². The first-order valence-electron chi connectivity index (χ1n) is 11.9. The number of carbonyl (C=O) groups excluding carboxylic acids is 1. The fraction of sp³-hybridized carbons (Fsp3) is 0.731. The van der Waals surface area contributed by atoms with Crippen molar-refractivity contribution in [3.05, 3.63) is 28.8 Å². The Balaban J connectivity index is 1.61. The van der Waals surface area contributed by atoms with E-state index in [4.69, 9.17) is 4.74 Å². The molecule has 0 aromatic heterocycles. The normalized spacial score (nSPS) is 21.4. The number of nitrogens with zero attached hydrogens (tertiary/aromatic N) is 1. The largest absolute Gasteiger partial charge is 0.507 e. The van der Waals surface area contributed by atoms with Crippen LogP contribution in [0.1, 0.15) is 83.9 Å². The molecule has 1 aromatic rings. The van der Waals surface area contributed by atoms with Gasteiger partial charge in [0.05, 0.1) is 6.10 Å². The monoisotopic (exact) mass is 430 g/mol. The first-order valence-corrected chi connectivity index (χ1v) is 11.9. The van der Waals surface area contributed by atoms with Gasteiger partial charge in [0.15, 0.2) is 0 Å². The van der Waals surface area contributed by atoms with Crippen LogP contribution in [0.3, 0.4) is 0 Å². The van der Waals surface area contributed by atoms with Crippen molar-refractivity contribution in [3.8, 4) is 5.75 Å². The van der Waals surface area contributed by atoms with Gasteiger partial charge in [0.2, 0.25) is 5.91 Å². The molecule has 0 saturated carbocycles. The molecule has 0 aliphatic carbocycles. The van der Waals surface area contributed by atoms with Gasteiger partial charge in [-0.05, 0) is 66.3 Å². The van der Waals surface area contributed by atoms with E-state index in [1.165, 1.54) is 5.56 Å². The zero-order chi connectivity index (χ0) is 22.8. The molecule has 1 unspecified atom stereocenters. The SMILES string of the molecule is CC(C)(C)c1cc(CN2CCC(C(=O)NCC3CCCO3)CC2)cc(C(C)(C)C)c1O. The molecule has 0 spiro atoms. The van der Waals surface area contributed by atoms with Crippen LogP contribution in [-0.4, -0.2) is 48.3 Å². The Bertz CT molecular complexity index is 727. The summed E-state index contributed by atoms with van der Waals surface area (Å²) >= 11 is 0. The number of nitrogens with one attached hydrogen (secondary N) is 1. The number of phenols is 1. The van der Waals surface area contributed by atoms with Crippen LogP contribution in [0, 0.1) is 5.92 Å². The van der Waals surface area contributed by atoms with Gasteiger partial charge < -0.3 is 15.2 Å². The lowest BCUT2D eigenvalue weighted by atomic mass is 9.78. The molecule has 2 fully saturated rings. The van der Waals surface area contributed by atoms with E-state index in [-0.39, 0.29) is 28.8 Å². The predicted octanol–water partition coefficient (Wildman–Crippen LogP) is 4.49. The molecule has 0 radical (unpaired) electrons. The maximum absolute atomic E-state index is 12.6. The fourth-order valence-corrected chi connectivity index (χ4v) is 4.70. The lowest BCUT2D eigenvalue weighted by molar-refractivity contribution is -0.127. The summed E-state index contributed by atoms with van der Waals surface area (Å²) in [6.45, 7) is 17.1. The molecule has 1 aromatic carbocycles. The Kier molecular flexibility index (Phi) is 7.37. The smallest absolute Gasteiger partial charge is 0.223 e. The average molecular weight is 431 g/mol. The summed E-state index contributed by atoms with van der Waals surface area (Å²) in [7, 11) is 0. The summed E-state index contributed by atoms with van der Waals surface area (Å²) in [5.74, 6) is 0.725. The van der Waals surface area contributed by atoms with Gasteiger partial charge in [-0.25, -0.2) is 0 Å². The van der Waals surface area contributed by atoms with E-state index in [0.717, 1.165) is 63.1 Å². The highest BCUT2D eigenvalue weighted by molar-refractivity contribution is 5.78. The first kappa shape index (κ1) is 24.1. The zero-order valence-corrected chi connectivity index (χ0v) is 20.4. The van der Waals surface area contributed by atoms with E-state index in [1.54, 1.807) is 0 Å². The van der Waals surface area contributed by atoms with Crippen LogP contribution in [0.2, 0.25) is 0 Å². The fourth-order valence-electron chi connectivity index (χ4n) is 4.70. The number of likely N-dealkylation sites (tertiary alicyclic amines) is 1. The minimum Gasteiger partial charge on any atom is -0.507 e. The number of phenolic OH excluding ortho intramolecular Hbond substituents is 1. The van der Waals surface area contributed by atoms with E-state index >= 15 is 0 Å². The summed E-state index contributed by atoms with van der Waals surface area (Å²) < 4.78 is 5.61. The van der Waals surface area contributed by atoms with Crippen molar-refractivity contribution >= 4 is 5.91 Å². The number of amides is 1. The Morgan fingerprint density at radius 2 is 1.65 bits per heavy atom. The summed E-state index contributed by atoms with van der Waals surface area (Å²) in [6, 6.07) is 4.34. The Hall–Kier alpha value is -1.59. The maximum Gasteiger partial charge on any atom is 0.223 e. The number of hydrogen-bond acceptors (Lipinski definition) is 4. The number of rotatable bonds is 5. The van der Waals surface area contributed by atoms with E-state index in [9.17, 15) is 9.90 Å². The topological polar surface area (TPSA) is 61.8 Å². The summed E-state index contributed by atoms with van der Waals surface area (Å²) in [5.41, 5.74) is 3.04. The molecule has 5 heteroatoms. The molecular formula is C26H42N2O3. The summed E-state index contributed by atoms with van der Waals surface area (Å²) in [6.07, 6.45) is 4.15. The van der Waals surface area contributed by atoms with Gasteiger partial charge in [-0.2, -0.15) is 0 Å². The minimum atomic E-state index is -0.117. The number of piperidine rings is 1. The predicted molar refractivity (Wildman–Crippen MR) is 125 cm³/mol. The number of hydrogen-bond donors (Lipinski definition) is 2. The number of carbonyl (C=O) groups is 1. The van der Waals surface area contributed by atoms with Gasteiger partial charge in [-0.15, -0.1) is 0 Å². The molecule has 2 aliphatic heterocycles. The van der Waals surface area contributed by atoms with Gasteiger partial charge in [0, 0.05) is 25.6 Å².